The summed E-state index contributed by atoms with van der Waals surface area (Å²) in [7, 11) is 0. The Morgan fingerprint density at radius 3 is 2.53 bits per heavy atom. The molecule has 1 saturated heterocycles. The van der Waals surface area contributed by atoms with Crippen LogP contribution in [0.3, 0.4) is 0 Å². The number of carbonyl (C=O) groups excluding carboxylic acids is 2. The van der Waals surface area contributed by atoms with Crippen molar-refractivity contribution in [3.8, 4) is 11.5 Å². The van der Waals surface area contributed by atoms with E-state index in [4.69, 9.17) is 18.9 Å². The fraction of sp³-hybridized carbons (Fsp3) is 0.417. The maximum Gasteiger partial charge on any atom is 0.343 e. The van der Waals surface area contributed by atoms with Crippen LogP contribution in [0.2, 0.25) is 0 Å². The number of rotatable bonds is 9. The Bertz CT molecular complexity index is 837. The maximum atomic E-state index is 12.4. The first-order valence-corrected chi connectivity index (χ1v) is 10.3. The van der Waals surface area contributed by atoms with Gasteiger partial charge in [-0.15, -0.1) is 0 Å². The molecule has 0 spiro atoms. The first kappa shape index (κ1) is 21.8. The summed E-state index contributed by atoms with van der Waals surface area (Å²) in [6.07, 6.45) is 2.83. The zero-order chi connectivity index (χ0) is 21.3. The summed E-state index contributed by atoms with van der Waals surface area (Å²) in [6, 6.07) is 13.2. The highest BCUT2D eigenvalue weighted by Gasteiger charge is 2.18. The smallest absolute Gasteiger partial charge is 0.343 e. The van der Waals surface area contributed by atoms with Gasteiger partial charge in [0, 0.05) is 6.61 Å². The van der Waals surface area contributed by atoms with Crippen molar-refractivity contribution in [1.29, 1.82) is 0 Å². The van der Waals surface area contributed by atoms with E-state index in [0.29, 0.717) is 35.2 Å². The summed E-state index contributed by atoms with van der Waals surface area (Å²) in [5, 5.41) is 0. The monoisotopic (exact) mass is 412 g/mol. The van der Waals surface area contributed by atoms with Gasteiger partial charge in [0.2, 0.25) is 0 Å². The van der Waals surface area contributed by atoms with Gasteiger partial charge in [0.15, 0.2) is 0 Å². The predicted molar refractivity (Wildman–Crippen MR) is 112 cm³/mol. The zero-order valence-electron chi connectivity index (χ0n) is 17.5. The van der Waals surface area contributed by atoms with Crippen LogP contribution in [0.15, 0.2) is 48.5 Å². The van der Waals surface area contributed by atoms with E-state index in [9.17, 15) is 9.59 Å². The summed E-state index contributed by atoms with van der Waals surface area (Å²) >= 11 is 0. The normalized spacial score (nSPS) is 15.8. The molecule has 160 valence electrons. The quantitative estimate of drug-likeness (QED) is 0.440. The first-order chi connectivity index (χ1) is 14.5. The van der Waals surface area contributed by atoms with Crippen molar-refractivity contribution in [2.75, 3.05) is 19.8 Å². The average Bonchev–Trinajstić information content (AvgIpc) is 3.26. The lowest BCUT2D eigenvalue weighted by molar-refractivity contribution is 0.0161. The molecule has 1 atom stereocenters. The molecule has 1 aliphatic heterocycles. The van der Waals surface area contributed by atoms with Gasteiger partial charge >= 0.3 is 11.9 Å². The van der Waals surface area contributed by atoms with Crippen LogP contribution < -0.4 is 9.47 Å². The number of carbonyl (C=O) groups is 2. The van der Waals surface area contributed by atoms with Crippen molar-refractivity contribution in [3.63, 3.8) is 0 Å². The van der Waals surface area contributed by atoms with Crippen LogP contribution in [-0.2, 0) is 9.47 Å². The van der Waals surface area contributed by atoms with Gasteiger partial charge in [0.05, 0.1) is 23.8 Å². The molecule has 2 aromatic carbocycles. The zero-order valence-corrected chi connectivity index (χ0v) is 17.5. The third kappa shape index (κ3) is 6.59. The highest BCUT2D eigenvalue weighted by Crippen LogP contribution is 2.19. The summed E-state index contributed by atoms with van der Waals surface area (Å²) in [5.74, 6) is 0.623. The number of hydrogen-bond donors (Lipinski definition) is 0. The standard InChI is InChI=1S/C24H28O6/c1-17(2)12-14-28-21-6-3-5-19(15-21)24(26)30-20-10-8-18(9-11-20)23(25)29-16-22-7-4-13-27-22/h3,5-6,8-11,15,17,22H,4,7,12-14,16H2,1-2H3. The highest BCUT2D eigenvalue weighted by atomic mass is 16.6. The van der Waals surface area contributed by atoms with E-state index in [1.807, 2.05) is 6.07 Å². The van der Waals surface area contributed by atoms with Crippen molar-refractivity contribution >= 4 is 11.9 Å². The summed E-state index contributed by atoms with van der Waals surface area (Å²) in [5.41, 5.74) is 0.797. The molecule has 1 fully saturated rings. The van der Waals surface area contributed by atoms with E-state index in [-0.39, 0.29) is 12.7 Å². The number of esters is 2. The lowest BCUT2D eigenvalue weighted by Crippen LogP contribution is -2.17. The highest BCUT2D eigenvalue weighted by molar-refractivity contribution is 5.92. The molecule has 0 bridgehead atoms. The topological polar surface area (TPSA) is 71.1 Å². The molecule has 0 amide bonds. The van der Waals surface area contributed by atoms with Crippen LogP contribution in [0.4, 0.5) is 0 Å². The Morgan fingerprint density at radius 1 is 1.03 bits per heavy atom. The van der Waals surface area contributed by atoms with E-state index < -0.39 is 11.9 Å². The largest absolute Gasteiger partial charge is 0.494 e. The van der Waals surface area contributed by atoms with Crippen molar-refractivity contribution in [2.24, 2.45) is 5.92 Å². The molecular formula is C24H28O6. The molecule has 6 heteroatoms. The van der Waals surface area contributed by atoms with Crippen molar-refractivity contribution in [2.45, 2.75) is 39.2 Å². The van der Waals surface area contributed by atoms with Crippen LogP contribution >= 0.6 is 0 Å². The molecule has 30 heavy (non-hydrogen) atoms. The van der Waals surface area contributed by atoms with Gasteiger partial charge in [-0.2, -0.15) is 0 Å². The van der Waals surface area contributed by atoms with E-state index in [1.165, 1.54) is 0 Å². The SMILES string of the molecule is CC(C)CCOc1cccc(C(=O)Oc2ccc(C(=O)OCC3CCCO3)cc2)c1. The summed E-state index contributed by atoms with van der Waals surface area (Å²) in [6.45, 7) is 5.83. The number of benzene rings is 2. The second-order valence-corrected chi connectivity index (χ2v) is 7.71. The number of ether oxygens (including phenoxy) is 4. The molecule has 0 saturated carbocycles. The van der Waals surface area contributed by atoms with Crippen molar-refractivity contribution < 1.29 is 28.5 Å². The van der Waals surface area contributed by atoms with Gasteiger partial charge in [0.1, 0.15) is 18.1 Å². The van der Waals surface area contributed by atoms with Crippen molar-refractivity contribution in [3.05, 3.63) is 59.7 Å². The summed E-state index contributed by atoms with van der Waals surface area (Å²) < 4.78 is 21.8. The third-order valence-corrected chi connectivity index (χ3v) is 4.76. The van der Waals surface area contributed by atoms with E-state index >= 15 is 0 Å². The molecule has 0 aliphatic carbocycles. The molecule has 6 nitrogen and oxygen atoms in total. The third-order valence-electron chi connectivity index (χ3n) is 4.76. The van der Waals surface area contributed by atoms with Gasteiger partial charge in [0.25, 0.3) is 0 Å². The maximum absolute atomic E-state index is 12.4. The minimum atomic E-state index is -0.488. The second-order valence-electron chi connectivity index (χ2n) is 7.71. The average molecular weight is 412 g/mol. The number of hydrogen-bond acceptors (Lipinski definition) is 6. The molecule has 0 N–H and O–H groups in total. The van der Waals surface area contributed by atoms with Crippen LogP contribution in [0, 0.1) is 5.92 Å². The van der Waals surface area contributed by atoms with Crippen molar-refractivity contribution in [1.82, 2.24) is 0 Å². The molecule has 0 radical (unpaired) electrons. The Hall–Kier alpha value is -2.86. The lowest BCUT2D eigenvalue weighted by Gasteiger charge is -2.11. The predicted octanol–water partition coefficient (Wildman–Crippen LogP) is 4.67. The van der Waals surface area contributed by atoms with Gasteiger partial charge in [-0.1, -0.05) is 19.9 Å². The summed E-state index contributed by atoms with van der Waals surface area (Å²) in [4.78, 5) is 24.6. The van der Waals surface area contributed by atoms with Gasteiger partial charge in [-0.25, -0.2) is 9.59 Å². The van der Waals surface area contributed by atoms with Gasteiger partial charge in [-0.3, -0.25) is 0 Å². The minimum absolute atomic E-state index is 0.0145. The van der Waals surface area contributed by atoms with Crippen LogP contribution in [0.5, 0.6) is 11.5 Å². The Balaban J connectivity index is 1.52. The molecule has 1 heterocycles. The lowest BCUT2D eigenvalue weighted by atomic mass is 10.1. The minimum Gasteiger partial charge on any atom is -0.494 e. The van der Waals surface area contributed by atoms with E-state index in [1.54, 1.807) is 42.5 Å². The van der Waals surface area contributed by atoms with Gasteiger partial charge < -0.3 is 18.9 Å². The van der Waals surface area contributed by atoms with Crippen LogP contribution in [0.25, 0.3) is 0 Å². The van der Waals surface area contributed by atoms with E-state index in [2.05, 4.69) is 13.8 Å². The molecule has 2 aromatic rings. The Morgan fingerprint density at radius 2 is 1.83 bits per heavy atom. The molecule has 1 unspecified atom stereocenters. The van der Waals surface area contributed by atoms with Crippen LogP contribution in [0.1, 0.15) is 53.8 Å². The van der Waals surface area contributed by atoms with Crippen LogP contribution in [-0.4, -0.2) is 37.9 Å². The molecule has 0 aromatic heterocycles. The molecular weight excluding hydrogens is 384 g/mol. The first-order valence-electron chi connectivity index (χ1n) is 10.3. The van der Waals surface area contributed by atoms with E-state index in [0.717, 1.165) is 25.9 Å². The Labute approximate surface area is 177 Å². The van der Waals surface area contributed by atoms with Gasteiger partial charge in [-0.05, 0) is 67.6 Å². The Kier molecular flexibility index (Phi) is 7.85. The fourth-order valence-electron chi connectivity index (χ4n) is 2.98. The molecule has 1 aliphatic rings. The fourth-order valence-corrected chi connectivity index (χ4v) is 2.98. The second kappa shape index (κ2) is 10.8. The molecule has 3 rings (SSSR count).